The number of allylic oxidation sites excluding steroid dienone is 1. The molecule has 1 saturated heterocycles. The SMILES string of the molecule is C/C=C1\NC(=O)[C@H]([C@@H](C)O)NC(=O)[C@H](CCN)NC(=O)[C@H](CCCCN)NC(=O)[C@H](CC(=O)O)NC(=O)[C@@H](CCN)NC(=O)[C@@H](NC(=O)CC(O)CCCCCCCCCCCCCCCCC)COC(=O)[C@H]([C@H](O)CCl)NC(=O)[C@H]([C@H](O)C(=O)O)NC1=O. The minimum Gasteiger partial charge on any atom is -0.481 e. The molecular formula is C57H99ClN12O19. The van der Waals surface area contributed by atoms with Crippen LogP contribution in [0.4, 0.5) is 0 Å². The number of hydrogen-bond donors (Lipinski definition) is 18. The molecule has 1 fully saturated rings. The zero-order valence-corrected chi connectivity index (χ0v) is 52.2. The lowest BCUT2D eigenvalue weighted by atomic mass is 10.0. The summed E-state index contributed by atoms with van der Waals surface area (Å²) < 4.78 is 5.30. The van der Waals surface area contributed by atoms with E-state index in [0.717, 1.165) is 51.5 Å². The van der Waals surface area contributed by atoms with Gasteiger partial charge in [0.15, 0.2) is 12.1 Å². The summed E-state index contributed by atoms with van der Waals surface area (Å²) >= 11 is 5.88. The summed E-state index contributed by atoms with van der Waals surface area (Å²) in [4.78, 5) is 163. The molecule has 0 aliphatic carbocycles. The van der Waals surface area contributed by atoms with Gasteiger partial charge < -0.3 is 100 Å². The van der Waals surface area contributed by atoms with Crippen molar-refractivity contribution in [2.75, 3.05) is 32.1 Å². The number of ether oxygens (including phenoxy) is 1. The number of alkyl halides is 1. The van der Waals surface area contributed by atoms with E-state index in [9.17, 15) is 88.2 Å². The van der Waals surface area contributed by atoms with E-state index in [1.165, 1.54) is 58.3 Å². The van der Waals surface area contributed by atoms with Gasteiger partial charge in [0.05, 0.1) is 37.0 Å². The smallest absolute Gasteiger partial charge is 0.335 e. The number of carboxylic acids is 2. The standard InChI is InChI=1S/C57H99ClN12O19/c1-4-6-7-8-9-10-11-12-13-14-15-16-17-18-19-22-34(72)29-42(74)62-40-32-89-57(88)45(41(73)31-58)69-55(85)46(47(77)56(86)87)70-48(78)35(5-2)63-54(84)44(33(3)71)68-51(81)38(25-28-61)65-49(79)36(23-20-21-26-59)64-52(82)39(30-43(75)76)67-50(80)37(24-27-60)66-53(40)83/h5,33-34,36-41,44-47,71-73,77H,4,6-32,59-61H2,1-3H3,(H,62,74)(H,63,84)(H,64,82)(H,65,79)(H,66,83)(H,67,80)(H,68,81)(H,69,85)(H,70,78)(H,75,76)(H,86,87)/b35-5-/t33-,34?,36+,37-,38+,39+,40+,41-,44+,45+,46+,47+/m1/s1. The predicted molar refractivity (Wildman–Crippen MR) is 323 cm³/mol. The van der Waals surface area contributed by atoms with E-state index >= 15 is 0 Å². The molecule has 1 aliphatic rings. The number of aliphatic hydroxyl groups is 4. The van der Waals surface area contributed by atoms with Crippen LogP contribution in [0, 0.1) is 0 Å². The van der Waals surface area contributed by atoms with Gasteiger partial charge in [0.2, 0.25) is 47.3 Å². The van der Waals surface area contributed by atoms with Gasteiger partial charge in [0, 0.05) is 0 Å². The lowest BCUT2D eigenvalue weighted by Gasteiger charge is -2.28. The number of nitrogens with one attached hydrogen (secondary N) is 9. The second kappa shape index (κ2) is 45.6. The molecule has 0 aromatic carbocycles. The second-order valence-corrected chi connectivity index (χ2v) is 22.3. The van der Waals surface area contributed by atoms with Crippen LogP contribution in [-0.4, -0.2) is 207 Å². The fraction of sp³-hybridized carbons (Fsp3) is 0.754. The van der Waals surface area contributed by atoms with E-state index in [0.29, 0.717) is 12.8 Å². The number of nitrogens with two attached hydrogens (primary N) is 3. The van der Waals surface area contributed by atoms with Gasteiger partial charge in [-0.3, -0.25) is 47.9 Å². The molecular weight excluding hydrogens is 1190 g/mol. The highest BCUT2D eigenvalue weighted by Gasteiger charge is 2.41. The number of carbonyl (C=O) groups excluding carboxylic acids is 10. The van der Waals surface area contributed by atoms with Crippen molar-refractivity contribution >= 4 is 82.7 Å². The summed E-state index contributed by atoms with van der Waals surface area (Å²) in [6.07, 6.45) is 7.48. The number of aliphatic carboxylic acids is 2. The number of halogens is 1. The Labute approximate surface area is 524 Å². The summed E-state index contributed by atoms with van der Waals surface area (Å²) in [5.74, 6) is -17.7. The number of unbranched alkanes of at least 4 members (excludes halogenated alkanes) is 15. The minimum atomic E-state index is -2.83. The molecule has 9 amide bonds. The Hall–Kier alpha value is -6.61. The minimum absolute atomic E-state index is 0.123. The van der Waals surface area contributed by atoms with Crippen LogP contribution < -0.4 is 65.1 Å². The van der Waals surface area contributed by atoms with Gasteiger partial charge in [0.1, 0.15) is 54.6 Å². The molecule has 0 aromatic rings. The van der Waals surface area contributed by atoms with Crippen molar-refractivity contribution in [2.45, 2.75) is 241 Å². The molecule has 89 heavy (non-hydrogen) atoms. The molecule has 12 atom stereocenters. The molecule has 1 rings (SSSR count). The summed E-state index contributed by atoms with van der Waals surface area (Å²) in [5, 5.41) is 82.5. The van der Waals surface area contributed by atoms with Crippen molar-refractivity contribution in [1.29, 1.82) is 0 Å². The Bertz CT molecular complexity index is 2300. The van der Waals surface area contributed by atoms with Crippen LogP contribution in [-0.2, 0) is 62.3 Å². The van der Waals surface area contributed by atoms with Crippen LogP contribution in [0.1, 0.15) is 168 Å². The van der Waals surface area contributed by atoms with Crippen LogP contribution >= 0.6 is 11.6 Å². The predicted octanol–water partition coefficient (Wildman–Crippen LogP) is -2.82. The summed E-state index contributed by atoms with van der Waals surface area (Å²) in [5.41, 5.74) is 16.5. The number of amides is 9. The molecule has 0 spiro atoms. The van der Waals surface area contributed by atoms with E-state index in [1.54, 1.807) is 0 Å². The Balaban J connectivity index is 3.81. The quantitative estimate of drug-likeness (QED) is 0.0134. The van der Waals surface area contributed by atoms with Crippen LogP contribution in [0.25, 0.3) is 0 Å². The maximum Gasteiger partial charge on any atom is 0.335 e. The van der Waals surface area contributed by atoms with Gasteiger partial charge in [-0.2, -0.15) is 0 Å². The molecule has 21 N–H and O–H groups in total. The number of carboxylic acid groups (broad SMARTS) is 2. The Morgan fingerprint density at radius 1 is 0.584 bits per heavy atom. The van der Waals surface area contributed by atoms with E-state index in [1.807, 2.05) is 10.6 Å². The normalized spacial score (nSPS) is 23.7. The van der Waals surface area contributed by atoms with Crippen molar-refractivity contribution in [3.8, 4) is 0 Å². The van der Waals surface area contributed by atoms with Crippen LogP contribution in [0.2, 0.25) is 0 Å². The first-order chi connectivity index (χ1) is 42.3. The Morgan fingerprint density at radius 2 is 1.06 bits per heavy atom. The summed E-state index contributed by atoms with van der Waals surface area (Å²) in [6, 6.07) is -15.8. The van der Waals surface area contributed by atoms with Gasteiger partial charge in [-0.25, -0.2) is 9.59 Å². The van der Waals surface area contributed by atoms with Gasteiger partial charge in [0.25, 0.3) is 5.91 Å². The lowest BCUT2D eigenvalue weighted by molar-refractivity contribution is -0.155. The third-order valence-electron chi connectivity index (χ3n) is 14.5. The molecule has 0 aromatic heterocycles. The molecule has 31 nitrogen and oxygen atoms in total. The summed E-state index contributed by atoms with van der Waals surface area (Å²) in [6.45, 7) is 2.70. The number of rotatable bonds is 34. The van der Waals surface area contributed by atoms with E-state index < -0.39 is 181 Å². The van der Waals surface area contributed by atoms with E-state index in [-0.39, 0.29) is 45.3 Å². The highest BCUT2D eigenvalue weighted by atomic mass is 35.5. The van der Waals surface area contributed by atoms with E-state index in [2.05, 4.69) is 44.1 Å². The number of carbonyl (C=O) groups is 12. The largest absolute Gasteiger partial charge is 0.481 e. The van der Waals surface area contributed by atoms with Crippen LogP contribution in [0.3, 0.4) is 0 Å². The molecule has 508 valence electrons. The maximum absolute atomic E-state index is 14.2. The van der Waals surface area contributed by atoms with Crippen molar-refractivity contribution in [2.24, 2.45) is 17.2 Å². The summed E-state index contributed by atoms with van der Waals surface area (Å²) in [7, 11) is 0. The fourth-order valence-electron chi connectivity index (χ4n) is 9.29. The molecule has 0 saturated carbocycles. The van der Waals surface area contributed by atoms with Crippen molar-refractivity contribution in [1.82, 2.24) is 47.9 Å². The maximum atomic E-state index is 14.2. The van der Waals surface area contributed by atoms with Crippen molar-refractivity contribution < 1.29 is 92.9 Å². The third-order valence-corrected chi connectivity index (χ3v) is 14.8. The zero-order valence-electron chi connectivity index (χ0n) is 51.4. The highest BCUT2D eigenvalue weighted by molar-refractivity contribution is 6.18. The first kappa shape index (κ1) is 80.4. The van der Waals surface area contributed by atoms with Gasteiger partial charge >= 0.3 is 17.9 Å². The number of aliphatic hydroxyl groups excluding tert-OH is 4. The monoisotopic (exact) mass is 1290 g/mol. The van der Waals surface area contributed by atoms with Gasteiger partial charge in [-0.1, -0.05) is 109 Å². The molecule has 32 heteroatoms. The van der Waals surface area contributed by atoms with Gasteiger partial charge in [-0.15, -0.1) is 11.6 Å². The van der Waals surface area contributed by atoms with Gasteiger partial charge in [-0.05, 0) is 72.0 Å². The first-order valence-electron chi connectivity index (χ1n) is 30.7. The van der Waals surface area contributed by atoms with E-state index in [4.69, 9.17) is 33.5 Å². The molecule has 1 heterocycles. The number of esters is 1. The zero-order chi connectivity index (χ0) is 67.0. The third kappa shape index (κ3) is 32.1. The Kier molecular flexibility index (Phi) is 41.2. The van der Waals surface area contributed by atoms with Crippen molar-refractivity contribution in [3.05, 3.63) is 11.8 Å². The lowest BCUT2D eigenvalue weighted by Crippen LogP contribution is -2.62. The fourth-order valence-corrected chi connectivity index (χ4v) is 9.47. The molecule has 0 radical (unpaired) electrons. The average molecular weight is 1290 g/mol. The highest BCUT2D eigenvalue weighted by Crippen LogP contribution is 2.16. The van der Waals surface area contributed by atoms with Crippen LogP contribution in [0.15, 0.2) is 11.8 Å². The number of hydrogen-bond acceptors (Lipinski definition) is 20. The number of cyclic esters (lactones) is 1. The molecule has 1 unspecified atom stereocenters. The molecule has 1 aliphatic heterocycles. The van der Waals surface area contributed by atoms with Crippen LogP contribution in [0.5, 0.6) is 0 Å². The second-order valence-electron chi connectivity index (χ2n) is 22.0. The molecule has 0 bridgehead atoms. The average Bonchev–Trinajstić information content (AvgIpc) is 2.48. The topological polar surface area (TPSA) is 522 Å². The van der Waals surface area contributed by atoms with Crippen molar-refractivity contribution in [3.63, 3.8) is 0 Å². The first-order valence-corrected chi connectivity index (χ1v) is 31.2. The Morgan fingerprint density at radius 3 is 1.53 bits per heavy atom.